The Morgan fingerprint density at radius 1 is 1.14 bits per heavy atom. The van der Waals surface area contributed by atoms with Gasteiger partial charge in [0.1, 0.15) is 17.1 Å². The van der Waals surface area contributed by atoms with Crippen LogP contribution in [-0.4, -0.2) is 33.3 Å². The van der Waals surface area contributed by atoms with E-state index in [-0.39, 0.29) is 0 Å². The van der Waals surface area contributed by atoms with Crippen LogP contribution < -0.4 is 5.46 Å². The van der Waals surface area contributed by atoms with Gasteiger partial charge in [-0.1, -0.05) is 0 Å². The molecule has 21 heavy (non-hydrogen) atoms. The second-order valence-electron chi connectivity index (χ2n) is 6.33. The predicted octanol–water partition coefficient (Wildman–Crippen LogP) is 1.14. The van der Waals surface area contributed by atoms with Crippen LogP contribution in [0, 0.1) is 11.3 Å². The predicted molar refractivity (Wildman–Crippen MR) is 78.9 cm³/mol. The standard InChI is InChI=1S/C14H17BN4O2/c1-13(2)14(3,4)21-15(20-13)10-6-9(8-16)12-11(7-10)17-19(5)18-12/h6-7H,1-5H3. The second-order valence-corrected chi connectivity index (χ2v) is 6.33. The lowest BCUT2D eigenvalue weighted by Gasteiger charge is -2.32. The summed E-state index contributed by atoms with van der Waals surface area (Å²) in [4.78, 5) is 1.46. The number of rotatable bonds is 1. The third-order valence-electron chi connectivity index (χ3n) is 4.26. The molecule has 0 saturated carbocycles. The zero-order valence-corrected chi connectivity index (χ0v) is 12.8. The van der Waals surface area contributed by atoms with Crippen molar-refractivity contribution in [3.63, 3.8) is 0 Å². The van der Waals surface area contributed by atoms with E-state index >= 15 is 0 Å². The average Bonchev–Trinajstić information content (AvgIpc) is 2.85. The molecule has 1 saturated heterocycles. The highest BCUT2D eigenvalue weighted by Crippen LogP contribution is 2.36. The van der Waals surface area contributed by atoms with Gasteiger partial charge in [0.25, 0.3) is 0 Å². The molecule has 0 spiro atoms. The number of hydrogen-bond acceptors (Lipinski definition) is 5. The number of nitrogens with zero attached hydrogens (tertiary/aromatic N) is 4. The third kappa shape index (κ3) is 2.11. The molecule has 0 bridgehead atoms. The SMILES string of the molecule is Cn1nc2cc(B3OC(C)(C)C(C)(C)O3)cc(C#N)c2n1. The van der Waals surface area contributed by atoms with E-state index < -0.39 is 18.3 Å². The molecule has 1 aliphatic heterocycles. The summed E-state index contributed by atoms with van der Waals surface area (Å²) in [6.07, 6.45) is 0. The van der Waals surface area contributed by atoms with Crippen LogP contribution in [0.15, 0.2) is 12.1 Å². The molecule has 1 aromatic heterocycles. The van der Waals surface area contributed by atoms with E-state index in [2.05, 4.69) is 16.3 Å². The largest absolute Gasteiger partial charge is 0.494 e. The van der Waals surface area contributed by atoms with Gasteiger partial charge in [-0.2, -0.15) is 20.3 Å². The third-order valence-corrected chi connectivity index (χ3v) is 4.26. The molecule has 1 aromatic carbocycles. The minimum atomic E-state index is -0.506. The van der Waals surface area contributed by atoms with Crippen molar-refractivity contribution in [3.8, 4) is 6.07 Å². The molecule has 0 amide bonds. The van der Waals surface area contributed by atoms with E-state index in [1.165, 1.54) is 4.80 Å². The first-order chi connectivity index (χ1) is 9.73. The van der Waals surface area contributed by atoms with E-state index in [9.17, 15) is 5.26 Å². The summed E-state index contributed by atoms with van der Waals surface area (Å²) in [6, 6.07) is 5.79. The van der Waals surface area contributed by atoms with E-state index in [4.69, 9.17) is 9.31 Å². The smallest absolute Gasteiger partial charge is 0.399 e. The molecule has 0 aliphatic carbocycles. The van der Waals surface area contributed by atoms with E-state index in [1.54, 1.807) is 13.1 Å². The van der Waals surface area contributed by atoms with Gasteiger partial charge in [-0.3, -0.25) is 0 Å². The summed E-state index contributed by atoms with van der Waals surface area (Å²) in [5.74, 6) is 0. The maximum atomic E-state index is 9.31. The number of benzene rings is 1. The highest BCUT2D eigenvalue weighted by atomic mass is 16.7. The number of nitriles is 1. The Bertz CT molecular complexity index is 744. The maximum Gasteiger partial charge on any atom is 0.494 e. The summed E-state index contributed by atoms with van der Waals surface area (Å²) >= 11 is 0. The molecule has 7 heteroatoms. The van der Waals surface area contributed by atoms with Gasteiger partial charge in [0.15, 0.2) is 0 Å². The van der Waals surface area contributed by atoms with Crippen molar-refractivity contribution in [1.29, 1.82) is 5.26 Å². The van der Waals surface area contributed by atoms with E-state index in [0.29, 0.717) is 16.6 Å². The summed E-state index contributed by atoms with van der Waals surface area (Å²) in [5.41, 5.74) is 1.70. The summed E-state index contributed by atoms with van der Waals surface area (Å²) in [6.45, 7) is 8.00. The Hall–Kier alpha value is -1.91. The van der Waals surface area contributed by atoms with Gasteiger partial charge in [-0.25, -0.2) is 0 Å². The molecule has 2 heterocycles. The Morgan fingerprint density at radius 2 is 1.76 bits per heavy atom. The highest BCUT2D eigenvalue weighted by Gasteiger charge is 2.51. The van der Waals surface area contributed by atoms with Gasteiger partial charge in [-0.15, -0.1) is 0 Å². The molecule has 3 rings (SSSR count). The zero-order chi connectivity index (χ0) is 15.4. The monoisotopic (exact) mass is 284 g/mol. The number of aryl methyl sites for hydroxylation is 1. The van der Waals surface area contributed by atoms with Gasteiger partial charge in [0.2, 0.25) is 0 Å². The molecule has 1 aliphatic rings. The highest BCUT2D eigenvalue weighted by molar-refractivity contribution is 6.62. The lowest BCUT2D eigenvalue weighted by atomic mass is 9.78. The van der Waals surface area contributed by atoms with Gasteiger partial charge < -0.3 is 9.31 Å². The number of hydrogen-bond donors (Lipinski definition) is 0. The van der Waals surface area contributed by atoms with Crippen LogP contribution in [0.3, 0.4) is 0 Å². The second kappa shape index (κ2) is 4.29. The van der Waals surface area contributed by atoms with Crippen LogP contribution in [-0.2, 0) is 16.4 Å². The van der Waals surface area contributed by atoms with Crippen molar-refractivity contribution in [1.82, 2.24) is 15.0 Å². The molecule has 2 aromatic rings. The Balaban J connectivity index is 2.09. The van der Waals surface area contributed by atoms with Crippen LogP contribution >= 0.6 is 0 Å². The van der Waals surface area contributed by atoms with Crippen molar-refractivity contribution >= 4 is 23.6 Å². The molecular weight excluding hydrogens is 267 g/mol. The van der Waals surface area contributed by atoms with Crippen molar-refractivity contribution in [2.24, 2.45) is 7.05 Å². The van der Waals surface area contributed by atoms with Crippen LogP contribution in [0.4, 0.5) is 0 Å². The minimum absolute atomic E-state index is 0.415. The summed E-state index contributed by atoms with van der Waals surface area (Å²) in [5, 5.41) is 17.8. The van der Waals surface area contributed by atoms with Gasteiger partial charge in [0, 0.05) is 7.05 Å². The van der Waals surface area contributed by atoms with Crippen LogP contribution in [0.5, 0.6) is 0 Å². The van der Waals surface area contributed by atoms with E-state index in [0.717, 1.165) is 5.46 Å². The lowest BCUT2D eigenvalue weighted by Crippen LogP contribution is -2.41. The maximum absolute atomic E-state index is 9.31. The molecule has 0 N–H and O–H groups in total. The Kier molecular flexibility index (Phi) is 2.87. The van der Waals surface area contributed by atoms with E-state index in [1.807, 2.05) is 33.8 Å². The topological polar surface area (TPSA) is 73.0 Å². The van der Waals surface area contributed by atoms with Crippen LogP contribution in [0.2, 0.25) is 0 Å². The van der Waals surface area contributed by atoms with Crippen molar-refractivity contribution in [3.05, 3.63) is 17.7 Å². The first-order valence-corrected chi connectivity index (χ1v) is 6.84. The molecule has 0 atom stereocenters. The van der Waals surface area contributed by atoms with Crippen molar-refractivity contribution < 1.29 is 9.31 Å². The molecule has 0 radical (unpaired) electrons. The molecule has 6 nitrogen and oxygen atoms in total. The fraction of sp³-hybridized carbons (Fsp3) is 0.500. The molecule has 108 valence electrons. The first kappa shape index (κ1) is 14.0. The summed E-state index contributed by atoms with van der Waals surface area (Å²) in [7, 11) is 1.23. The number of aromatic nitrogens is 3. The van der Waals surface area contributed by atoms with Gasteiger partial charge in [0.05, 0.1) is 16.8 Å². The van der Waals surface area contributed by atoms with Crippen LogP contribution in [0.25, 0.3) is 11.0 Å². The average molecular weight is 284 g/mol. The summed E-state index contributed by atoms with van der Waals surface area (Å²) < 4.78 is 12.0. The van der Waals surface area contributed by atoms with Crippen LogP contribution in [0.1, 0.15) is 33.3 Å². The Morgan fingerprint density at radius 3 is 2.33 bits per heavy atom. The van der Waals surface area contributed by atoms with Crippen molar-refractivity contribution in [2.45, 2.75) is 38.9 Å². The number of fused-ring (bicyclic) bond motifs is 1. The zero-order valence-electron chi connectivity index (χ0n) is 12.8. The van der Waals surface area contributed by atoms with Gasteiger partial charge >= 0.3 is 7.12 Å². The molecule has 1 fully saturated rings. The normalized spacial score (nSPS) is 19.9. The fourth-order valence-electron chi connectivity index (χ4n) is 2.35. The minimum Gasteiger partial charge on any atom is -0.399 e. The first-order valence-electron chi connectivity index (χ1n) is 6.84. The fourth-order valence-corrected chi connectivity index (χ4v) is 2.35. The van der Waals surface area contributed by atoms with Gasteiger partial charge in [-0.05, 0) is 45.3 Å². The Labute approximate surface area is 123 Å². The molecular formula is C14H17BN4O2. The lowest BCUT2D eigenvalue weighted by molar-refractivity contribution is 0.00578. The molecule has 0 unspecified atom stereocenters. The quantitative estimate of drug-likeness (QED) is 0.734. The van der Waals surface area contributed by atoms with Crippen molar-refractivity contribution in [2.75, 3.05) is 0 Å².